The van der Waals surface area contributed by atoms with Crippen LogP contribution in [0.1, 0.15) is 13.8 Å². The standard InChI is InChI=1S/C20H18F2N2O8S/c1-3-31-19(27)17(25)23-15-9-11(5-7-13(15)21)33(29,30)12-6-8-14(22)16(10-12)24-18(26)20(28)32-4-2/h5-10H,3-4H2,1-2H3,(H,23,25)(H,24,26). The molecule has 0 fully saturated rings. The molecule has 2 N–H and O–H groups in total. The summed E-state index contributed by atoms with van der Waals surface area (Å²) < 4.78 is 63.0. The van der Waals surface area contributed by atoms with E-state index in [0.29, 0.717) is 0 Å². The summed E-state index contributed by atoms with van der Waals surface area (Å²) in [6, 6.07) is 4.74. The molecule has 33 heavy (non-hydrogen) atoms. The zero-order valence-electron chi connectivity index (χ0n) is 17.3. The molecule has 0 saturated carbocycles. The van der Waals surface area contributed by atoms with Gasteiger partial charge in [0.1, 0.15) is 11.6 Å². The van der Waals surface area contributed by atoms with Crippen LogP contribution in [0.25, 0.3) is 0 Å². The number of carbonyl (C=O) groups excluding carboxylic acids is 4. The maximum absolute atomic E-state index is 14.1. The van der Waals surface area contributed by atoms with Gasteiger partial charge in [-0.2, -0.15) is 0 Å². The van der Waals surface area contributed by atoms with Crippen molar-refractivity contribution in [2.75, 3.05) is 23.8 Å². The SMILES string of the molecule is CCOC(=O)C(=O)Nc1cc(S(=O)(=O)c2ccc(F)c(NC(=O)C(=O)OCC)c2)ccc1F. The second-order valence-corrected chi connectivity index (χ2v) is 8.09. The number of anilines is 2. The minimum Gasteiger partial charge on any atom is -0.459 e. The fourth-order valence-electron chi connectivity index (χ4n) is 2.41. The molecule has 176 valence electrons. The molecule has 0 bridgehead atoms. The maximum atomic E-state index is 14.1. The van der Waals surface area contributed by atoms with Crippen LogP contribution < -0.4 is 10.6 Å². The highest BCUT2D eigenvalue weighted by molar-refractivity contribution is 7.91. The van der Waals surface area contributed by atoms with Gasteiger partial charge in [-0.15, -0.1) is 0 Å². The molecule has 2 amide bonds. The fraction of sp³-hybridized carbons (Fsp3) is 0.200. The van der Waals surface area contributed by atoms with Gasteiger partial charge in [-0.3, -0.25) is 9.59 Å². The summed E-state index contributed by atoms with van der Waals surface area (Å²) in [5.41, 5.74) is -1.24. The largest absolute Gasteiger partial charge is 0.459 e. The summed E-state index contributed by atoms with van der Waals surface area (Å²) in [5, 5.41) is 3.82. The van der Waals surface area contributed by atoms with Crippen molar-refractivity contribution in [3.05, 3.63) is 48.0 Å². The van der Waals surface area contributed by atoms with Gasteiger partial charge in [0.15, 0.2) is 0 Å². The number of ether oxygens (including phenoxy) is 2. The Balaban J connectivity index is 2.38. The van der Waals surface area contributed by atoms with Crippen LogP contribution in [-0.2, 0) is 38.5 Å². The molecule has 10 nitrogen and oxygen atoms in total. The number of sulfone groups is 1. The third-order valence-corrected chi connectivity index (χ3v) is 5.66. The van der Waals surface area contributed by atoms with Gasteiger partial charge in [-0.25, -0.2) is 26.8 Å². The van der Waals surface area contributed by atoms with Gasteiger partial charge in [0.25, 0.3) is 0 Å². The van der Waals surface area contributed by atoms with Crippen molar-refractivity contribution in [1.82, 2.24) is 0 Å². The Labute approximate surface area is 186 Å². The van der Waals surface area contributed by atoms with E-state index in [2.05, 4.69) is 9.47 Å². The predicted octanol–water partition coefficient (Wildman–Crippen LogP) is 1.80. The van der Waals surface area contributed by atoms with Gasteiger partial charge >= 0.3 is 23.8 Å². The van der Waals surface area contributed by atoms with E-state index in [0.717, 1.165) is 36.4 Å². The van der Waals surface area contributed by atoms with Crippen LogP contribution in [-0.4, -0.2) is 45.4 Å². The predicted molar refractivity (Wildman–Crippen MR) is 109 cm³/mol. The van der Waals surface area contributed by atoms with Gasteiger partial charge in [-0.1, -0.05) is 0 Å². The van der Waals surface area contributed by atoms with Crippen LogP contribution in [0.15, 0.2) is 46.2 Å². The van der Waals surface area contributed by atoms with E-state index in [9.17, 15) is 36.4 Å². The fourth-order valence-corrected chi connectivity index (χ4v) is 3.72. The molecular weight excluding hydrogens is 466 g/mol. The van der Waals surface area contributed by atoms with Crippen molar-refractivity contribution < 1.29 is 45.9 Å². The molecular formula is C20H18F2N2O8S. The Morgan fingerprint density at radius 1 is 0.758 bits per heavy atom. The van der Waals surface area contributed by atoms with Gasteiger partial charge in [0, 0.05) is 0 Å². The average molecular weight is 484 g/mol. The molecule has 0 unspecified atom stereocenters. The van der Waals surface area contributed by atoms with Crippen molar-refractivity contribution in [3.8, 4) is 0 Å². The third-order valence-electron chi connectivity index (χ3n) is 3.91. The van der Waals surface area contributed by atoms with E-state index in [1.54, 1.807) is 0 Å². The van der Waals surface area contributed by atoms with Gasteiger partial charge in [0.05, 0.1) is 34.4 Å². The van der Waals surface area contributed by atoms with Crippen LogP contribution in [0.5, 0.6) is 0 Å². The number of rotatable bonds is 6. The smallest absolute Gasteiger partial charge is 0.397 e. The Bertz CT molecular complexity index is 1130. The normalized spacial score (nSPS) is 10.8. The summed E-state index contributed by atoms with van der Waals surface area (Å²) in [6.45, 7) is 2.68. The van der Waals surface area contributed by atoms with E-state index in [-0.39, 0.29) is 13.2 Å². The molecule has 0 atom stereocenters. The molecule has 0 aromatic heterocycles. The van der Waals surface area contributed by atoms with Crippen LogP contribution in [0.4, 0.5) is 20.2 Å². The van der Waals surface area contributed by atoms with Gasteiger partial charge < -0.3 is 20.1 Å². The van der Waals surface area contributed by atoms with Crippen molar-refractivity contribution in [2.24, 2.45) is 0 Å². The van der Waals surface area contributed by atoms with Gasteiger partial charge in [-0.05, 0) is 50.2 Å². The molecule has 2 aromatic rings. The Morgan fingerprint density at radius 3 is 1.45 bits per heavy atom. The number of halogens is 2. The monoisotopic (exact) mass is 484 g/mol. The molecule has 0 aliphatic carbocycles. The highest BCUT2D eigenvalue weighted by atomic mass is 32.2. The first kappa shape index (κ1) is 25.4. The topological polar surface area (TPSA) is 145 Å². The van der Waals surface area contributed by atoms with Crippen LogP contribution in [0, 0.1) is 11.6 Å². The molecule has 0 aliphatic heterocycles. The second kappa shape index (κ2) is 10.6. The number of esters is 2. The average Bonchev–Trinajstić information content (AvgIpc) is 2.76. The van der Waals surface area contributed by atoms with Crippen molar-refractivity contribution >= 4 is 45.0 Å². The van der Waals surface area contributed by atoms with Gasteiger partial charge in [0.2, 0.25) is 9.84 Å². The first-order valence-electron chi connectivity index (χ1n) is 9.31. The number of hydrogen-bond donors (Lipinski definition) is 2. The summed E-state index contributed by atoms with van der Waals surface area (Å²) in [6.07, 6.45) is 0. The lowest BCUT2D eigenvalue weighted by molar-refractivity contribution is -0.152. The minimum absolute atomic E-state index is 0.108. The van der Waals surface area contributed by atoms with Crippen molar-refractivity contribution in [1.29, 1.82) is 0 Å². The summed E-state index contributed by atoms with van der Waals surface area (Å²) in [5.74, 6) is -7.32. The second-order valence-electron chi connectivity index (χ2n) is 6.14. The van der Waals surface area contributed by atoms with E-state index >= 15 is 0 Å². The van der Waals surface area contributed by atoms with Crippen LogP contribution >= 0.6 is 0 Å². The number of hydrogen-bond acceptors (Lipinski definition) is 8. The molecule has 0 spiro atoms. The number of carbonyl (C=O) groups is 4. The van der Waals surface area contributed by atoms with Crippen LogP contribution in [0.3, 0.4) is 0 Å². The number of nitrogens with one attached hydrogen (secondary N) is 2. The van der Waals surface area contributed by atoms with Crippen LogP contribution in [0.2, 0.25) is 0 Å². The molecule has 13 heteroatoms. The molecule has 2 rings (SSSR count). The summed E-state index contributed by atoms with van der Waals surface area (Å²) >= 11 is 0. The lowest BCUT2D eigenvalue weighted by Gasteiger charge is -2.11. The Hall–Kier alpha value is -3.87. The van der Waals surface area contributed by atoms with E-state index in [1.807, 2.05) is 10.6 Å². The lowest BCUT2D eigenvalue weighted by Crippen LogP contribution is -2.25. The zero-order valence-corrected chi connectivity index (χ0v) is 18.1. The lowest BCUT2D eigenvalue weighted by atomic mass is 10.3. The first-order valence-corrected chi connectivity index (χ1v) is 10.8. The molecule has 0 radical (unpaired) electrons. The Kier molecular flexibility index (Phi) is 8.18. The number of benzene rings is 2. The highest BCUT2D eigenvalue weighted by Crippen LogP contribution is 2.28. The van der Waals surface area contributed by atoms with E-state index < -0.39 is 66.4 Å². The summed E-state index contributed by atoms with van der Waals surface area (Å²) in [7, 11) is -4.42. The van der Waals surface area contributed by atoms with Crippen molar-refractivity contribution in [2.45, 2.75) is 23.6 Å². The number of amides is 2. The highest BCUT2D eigenvalue weighted by Gasteiger charge is 2.24. The maximum Gasteiger partial charge on any atom is 0.397 e. The summed E-state index contributed by atoms with van der Waals surface area (Å²) in [4.78, 5) is 45.3. The first-order chi connectivity index (χ1) is 15.5. The van der Waals surface area contributed by atoms with E-state index in [4.69, 9.17) is 0 Å². The Morgan fingerprint density at radius 2 is 1.12 bits per heavy atom. The zero-order chi connectivity index (χ0) is 24.8. The minimum atomic E-state index is -4.42. The van der Waals surface area contributed by atoms with Crippen molar-refractivity contribution in [3.63, 3.8) is 0 Å². The molecule has 0 aliphatic rings. The quantitative estimate of drug-likeness (QED) is 0.359. The molecule has 0 saturated heterocycles. The third kappa shape index (κ3) is 6.10. The van der Waals surface area contributed by atoms with E-state index in [1.165, 1.54) is 13.8 Å². The molecule has 2 aromatic carbocycles. The molecule has 0 heterocycles.